The van der Waals surface area contributed by atoms with E-state index < -0.39 is 79.4 Å². The lowest BCUT2D eigenvalue weighted by Crippen LogP contribution is -2.41. The third-order valence-electron chi connectivity index (χ3n) is 5.68. The Morgan fingerprint density at radius 1 is 1.00 bits per heavy atom. The van der Waals surface area contributed by atoms with Gasteiger partial charge in [0.15, 0.2) is 21.5 Å². The van der Waals surface area contributed by atoms with Crippen molar-refractivity contribution in [3.8, 4) is 0 Å². The molecule has 180 valence electrons. The molecule has 1 atom stereocenters. The molecular formula is C20H17F7N2O3S. The van der Waals surface area contributed by atoms with E-state index in [9.17, 15) is 43.9 Å². The second kappa shape index (κ2) is 7.96. The number of anilines is 1. The molecule has 1 amide bonds. The highest BCUT2D eigenvalue weighted by molar-refractivity contribution is 7.92. The predicted octanol–water partition coefficient (Wildman–Crippen LogP) is 4.86. The molecule has 1 unspecified atom stereocenters. The highest BCUT2D eigenvalue weighted by Crippen LogP contribution is 2.41. The lowest BCUT2D eigenvalue weighted by molar-refractivity contribution is -0.138. The van der Waals surface area contributed by atoms with Gasteiger partial charge in [0.1, 0.15) is 0 Å². The molecule has 33 heavy (non-hydrogen) atoms. The van der Waals surface area contributed by atoms with Gasteiger partial charge in [0.25, 0.3) is 0 Å². The lowest BCUT2D eigenvalue weighted by Gasteiger charge is -2.31. The van der Waals surface area contributed by atoms with Crippen molar-refractivity contribution in [3.63, 3.8) is 0 Å². The molecule has 2 aromatic rings. The van der Waals surface area contributed by atoms with E-state index in [0.29, 0.717) is 18.3 Å². The van der Waals surface area contributed by atoms with Crippen LogP contribution in [0.25, 0.3) is 0 Å². The Bertz CT molecular complexity index is 1190. The Balaban J connectivity index is 1.93. The number of hydrogen-bond donors (Lipinski definition) is 0. The molecule has 0 N–H and O–H groups in total. The van der Waals surface area contributed by atoms with E-state index in [1.807, 2.05) is 0 Å². The minimum Gasteiger partial charge on any atom is -0.294 e. The number of carbonyl (C=O) groups excluding carboxylic acids is 1. The van der Waals surface area contributed by atoms with Gasteiger partial charge in [-0.25, -0.2) is 17.8 Å². The van der Waals surface area contributed by atoms with Crippen LogP contribution in [-0.4, -0.2) is 30.6 Å². The van der Waals surface area contributed by atoms with Crippen LogP contribution in [0.15, 0.2) is 41.4 Å². The largest absolute Gasteiger partial charge is 0.417 e. The Labute approximate surface area is 184 Å². The number of rotatable bonds is 4. The van der Waals surface area contributed by atoms with Crippen molar-refractivity contribution in [2.45, 2.75) is 42.3 Å². The number of sulfone groups is 1. The van der Waals surface area contributed by atoms with E-state index in [0.717, 1.165) is 17.0 Å². The molecule has 0 aliphatic carbocycles. The average molecular weight is 498 g/mol. The van der Waals surface area contributed by atoms with Crippen LogP contribution in [0.1, 0.15) is 31.4 Å². The highest BCUT2D eigenvalue weighted by Gasteiger charge is 2.49. The number of halogens is 7. The molecule has 13 heteroatoms. The summed E-state index contributed by atoms with van der Waals surface area (Å²) in [6, 6.07) is 3.32. The Morgan fingerprint density at radius 2 is 1.61 bits per heavy atom. The summed E-state index contributed by atoms with van der Waals surface area (Å²) in [7, 11) is -4.41. The van der Waals surface area contributed by atoms with Crippen molar-refractivity contribution in [1.82, 2.24) is 4.98 Å². The SMILES string of the molecule is CC(C)(C1CC(=O)N(c2ncc(C(F)(F)F)cc2F)C1)S(=O)(=O)c1cccc(C(F)(F)F)c1. The van der Waals surface area contributed by atoms with Gasteiger partial charge in [0.2, 0.25) is 5.91 Å². The molecule has 1 aromatic carbocycles. The molecule has 0 radical (unpaired) electrons. The summed E-state index contributed by atoms with van der Waals surface area (Å²) in [6.45, 7) is 2.04. The zero-order valence-corrected chi connectivity index (χ0v) is 17.9. The molecular weight excluding hydrogens is 481 g/mol. The molecule has 1 fully saturated rings. The number of nitrogens with zero attached hydrogens (tertiary/aromatic N) is 2. The van der Waals surface area contributed by atoms with Gasteiger partial charge < -0.3 is 0 Å². The fourth-order valence-electron chi connectivity index (χ4n) is 3.53. The fourth-order valence-corrected chi connectivity index (χ4v) is 5.27. The molecule has 2 heterocycles. The predicted molar refractivity (Wildman–Crippen MR) is 102 cm³/mol. The number of benzene rings is 1. The van der Waals surface area contributed by atoms with E-state index in [1.54, 1.807) is 0 Å². The maximum Gasteiger partial charge on any atom is 0.417 e. The van der Waals surface area contributed by atoms with Crippen LogP contribution in [0.2, 0.25) is 0 Å². The third-order valence-corrected chi connectivity index (χ3v) is 8.27. The number of pyridine rings is 1. The molecule has 0 bridgehead atoms. The minimum atomic E-state index is -4.86. The number of aromatic nitrogens is 1. The van der Waals surface area contributed by atoms with E-state index in [1.165, 1.54) is 13.8 Å². The van der Waals surface area contributed by atoms with E-state index in [-0.39, 0.29) is 6.07 Å². The third kappa shape index (κ3) is 4.55. The molecule has 0 spiro atoms. The second-order valence-corrected chi connectivity index (χ2v) is 10.6. The van der Waals surface area contributed by atoms with Crippen molar-refractivity contribution in [3.05, 3.63) is 53.5 Å². The molecule has 3 rings (SSSR count). The molecule has 1 saturated heterocycles. The van der Waals surface area contributed by atoms with Gasteiger partial charge >= 0.3 is 12.4 Å². The first-order chi connectivity index (χ1) is 15.0. The molecule has 0 saturated carbocycles. The quantitative estimate of drug-likeness (QED) is 0.565. The zero-order valence-electron chi connectivity index (χ0n) is 17.1. The summed E-state index contributed by atoms with van der Waals surface area (Å²) < 4.78 is 116. The normalized spacial score (nSPS) is 18.2. The summed E-state index contributed by atoms with van der Waals surface area (Å²) in [4.78, 5) is 16.0. The zero-order chi connectivity index (χ0) is 25.0. The maximum atomic E-state index is 14.3. The van der Waals surface area contributed by atoms with Gasteiger partial charge in [-0.15, -0.1) is 0 Å². The first-order valence-corrected chi connectivity index (χ1v) is 10.9. The minimum absolute atomic E-state index is 0.174. The maximum absolute atomic E-state index is 14.3. The van der Waals surface area contributed by atoms with Gasteiger partial charge in [0.05, 0.1) is 20.8 Å². The lowest BCUT2D eigenvalue weighted by atomic mass is 9.94. The monoisotopic (exact) mass is 498 g/mol. The summed E-state index contributed by atoms with van der Waals surface area (Å²) in [5, 5.41) is 0. The van der Waals surface area contributed by atoms with Crippen molar-refractivity contribution in [1.29, 1.82) is 0 Å². The molecule has 1 aliphatic heterocycles. The summed E-state index contributed by atoms with van der Waals surface area (Å²) in [6.07, 6.45) is -9.70. The summed E-state index contributed by atoms with van der Waals surface area (Å²) >= 11 is 0. The van der Waals surface area contributed by atoms with Crippen LogP contribution in [0, 0.1) is 11.7 Å². The topological polar surface area (TPSA) is 67.3 Å². The van der Waals surface area contributed by atoms with Gasteiger partial charge in [-0.3, -0.25) is 9.69 Å². The second-order valence-electron chi connectivity index (χ2n) is 8.07. The van der Waals surface area contributed by atoms with E-state index >= 15 is 0 Å². The first-order valence-electron chi connectivity index (χ1n) is 9.41. The van der Waals surface area contributed by atoms with E-state index in [4.69, 9.17) is 0 Å². The number of hydrogen-bond acceptors (Lipinski definition) is 4. The van der Waals surface area contributed by atoms with Crippen molar-refractivity contribution < 1.29 is 43.9 Å². The summed E-state index contributed by atoms with van der Waals surface area (Å²) in [5.74, 6) is -3.90. The molecule has 1 aliphatic rings. The number of amides is 1. The first kappa shape index (κ1) is 24.9. The van der Waals surface area contributed by atoms with Crippen LogP contribution in [-0.2, 0) is 27.0 Å². The fraction of sp³-hybridized carbons (Fsp3) is 0.400. The van der Waals surface area contributed by atoms with Crippen LogP contribution < -0.4 is 4.90 Å². The van der Waals surface area contributed by atoms with E-state index in [2.05, 4.69) is 4.98 Å². The average Bonchev–Trinajstić information content (AvgIpc) is 3.08. The van der Waals surface area contributed by atoms with Crippen LogP contribution in [0.5, 0.6) is 0 Å². The van der Waals surface area contributed by atoms with Gasteiger partial charge in [-0.05, 0) is 38.1 Å². The van der Waals surface area contributed by atoms with Crippen molar-refractivity contribution in [2.24, 2.45) is 5.92 Å². The van der Waals surface area contributed by atoms with Gasteiger partial charge in [-0.2, -0.15) is 26.3 Å². The van der Waals surface area contributed by atoms with Crippen LogP contribution in [0.4, 0.5) is 36.6 Å². The van der Waals surface area contributed by atoms with Crippen LogP contribution in [0.3, 0.4) is 0 Å². The van der Waals surface area contributed by atoms with Gasteiger partial charge in [0, 0.05) is 25.1 Å². The number of carbonyl (C=O) groups is 1. The number of alkyl halides is 6. The van der Waals surface area contributed by atoms with Gasteiger partial charge in [-0.1, -0.05) is 6.07 Å². The Morgan fingerprint density at radius 3 is 2.15 bits per heavy atom. The Kier molecular flexibility index (Phi) is 6.01. The molecule has 1 aromatic heterocycles. The van der Waals surface area contributed by atoms with Crippen molar-refractivity contribution >= 4 is 21.6 Å². The smallest absolute Gasteiger partial charge is 0.294 e. The van der Waals surface area contributed by atoms with Crippen molar-refractivity contribution in [2.75, 3.05) is 11.4 Å². The summed E-state index contributed by atoms with van der Waals surface area (Å²) in [5.41, 5.74) is -2.53. The highest BCUT2D eigenvalue weighted by atomic mass is 32.2. The van der Waals surface area contributed by atoms with Crippen LogP contribution >= 0.6 is 0 Å². The molecule has 5 nitrogen and oxygen atoms in total. The standard InChI is InChI=1S/C20H17F7N2O3S/c1-18(2,33(31,32)14-5-3-4-11(6-14)19(22,23)24)13-8-16(30)29(10-13)17-15(21)7-12(9-28-17)20(25,26)27/h3-7,9,13H,8,10H2,1-2H3. The Hall–Kier alpha value is -2.70.